The maximum atomic E-state index is 13.1. The number of rotatable bonds is 3. The number of aryl methyl sites for hydroxylation is 2. The van der Waals surface area contributed by atoms with Gasteiger partial charge >= 0.3 is 6.18 Å². The molecule has 2 aromatic carbocycles. The number of halogens is 3. The third-order valence-corrected chi connectivity index (χ3v) is 4.64. The topological polar surface area (TPSA) is 49.4 Å². The normalized spacial score (nSPS) is 17.3. The Kier molecular flexibility index (Phi) is 4.95. The van der Waals surface area contributed by atoms with E-state index >= 15 is 0 Å². The van der Waals surface area contributed by atoms with Crippen LogP contribution in [-0.2, 0) is 15.8 Å². The van der Waals surface area contributed by atoms with Gasteiger partial charge < -0.3 is 10.2 Å². The summed E-state index contributed by atoms with van der Waals surface area (Å²) in [4.78, 5) is 26.4. The summed E-state index contributed by atoms with van der Waals surface area (Å²) in [5.74, 6) is -1.51. The summed E-state index contributed by atoms with van der Waals surface area (Å²) >= 11 is 0. The molecule has 7 heteroatoms. The molecule has 142 valence electrons. The number of alkyl halides is 3. The van der Waals surface area contributed by atoms with Crippen molar-refractivity contribution >= 4 is 23.2 Å². The highest BCUT2D eigenvalue weighted by Crippen LogP contribution is 2.35. The molecule has 0 aliphatic carbocycles. The lowest BCUT2D eigenvalue weighted by Gasteiger charge is -2.20. The number of benzene rings is 2. The van der Waals surface area contributed by atoms with E-state index < -0.39 is 23.6 Å². The Hall–Kier alpha value is -2.83. The predicted molar refractivity (Wildman–Crippen MR) is 96.4 cm³/mol. The van der Waals surface area contributed by atoms with Crippen LogP contribution in [0.3, 0.4) is 0 Å². The molecule has 0 bridgehead atoms. The molecule has 1 aliphatic heterocycles. The van der Waals surface area contributed by atoms with E-state index in [1.807, 2.05) is 32.0 Å². The summed E-state index contributed by atoms with van der Waals surface area (Å²) < 4.78 is 39.3. The zero-order chi connectivity index (χ0) is 19.8. The first-order valence-electron chi connectivity index (χ1n) is 8.51. The fourth-order valence-corrected chi connectivity index (χ4v) is 3.20. The van der Waals surface area contributed by atoms with Crippen molar-refractivity contribution < 1.29 is 22.8 Å². The van der Waals surface area contributed by atoms with Crippen LogP contribution in [0.1, 0.15) is 23.1 Å². The van der Waals surface area contributed by atoms with E-state index in [0.29, 0.717) is 0 Å². The van der Waals surface area contributed by atoms with Gasteiger partial charge in [0.2, 0.25) is 11.8 Å². The zero-order valence-corrected chi connectivity index (χ0v) is 14.9. The third kappa shape index (κ3) is 3.97. The van der Waals surface area contributed by atoms with Gasteiger partial charge in [0.15, 0.2) is 0 Å². The van der Waals surface area contributed by atoms with Gasteiger partial charge in [-0.05, 0) is 43.2 Å². The van der Waals surface area contributed by atoms with Crippen LogP contribution >= 0.6 is 0 Å². The molecule has 0 aromatic heterocycles. The number of para-hydroxylation sites is 1. The van der Waals surface area contributed by atoms with Crippen molar-refractivity contribution in [2.45, 2.75) is 26.4 Å². The second kappa shape index (κ2) is 7.06. The highest BCUT2D eigenvalue weighted by molar-refractivity contribution is 6.04. The highest BCUT2D eigenvalue weighted by Gasteiger charge is 2.38. The smallest absolute Gasteiger partial charge is 0.325 e. The fourth-order valence-electron chi connectivity index (χ4n) is 3.20. The van der Waals surface area contributed by atoms with E-state index in [0.717, 1.165) is 22.9 Å². The quantitative estimate of drug-likeness (QED) is 0.868. The first-order chi connectivity index (χ1) is 12.7. The Morgan fingerprint density at radius 2 is 1.85 bits per heavy atom. The van der Waals surface area contributed by atoms with Crippen molar-refractivity contribution in [3.63, 3.8) is 0 Å². The van der Waals surface area contributed by atoms with Gasteiger partial charge in [-0.25, -0.2) is 0 Å². The largest absolute Gasteiger partial charge is 0.418 e. The Labute approximate surface area is 155 Å². The van der Waals surface area contributed by atoms with E-state index in [2.05, 4.69) is 5.32 Å². The van der Waals surface area contributed by atoms with Gasteiger partial charge in [0.1, 0.15) is 0 Å². The maximum absolute atomic E-state index is 13.1. The molecular weight excluding hydrogens is 357 g/mol. The summed E-state index contributed by atoms with van der Waals surface area (Å²) in [6, 6.07) is 10.5. The molecule has 1 fully saturated rings. The molecule has 3 rings (SSSR count). The zero-order valence-electron chi connectivity index (χ0n) is 14.9. The van der Waals surface area contributed by atoms with Crippen LogP contribution in [0.5, 0.6) is 0 Å². The molecule has 1 N–H and O–H groups in total. The predicted octanol–water partition coefficient (Wildman–Crippen LogP) is 4.31. The van der Waals surface area contributed by atoms with Crippen molar-refractivity contribution in [3.05, 3.63) is 59.2 Å². The molecule has 1 atom stereocenters. The second-order valence-corrected chi connectivity index (χ2v) is 6.73. The minimum atomic E-state index is -4.57. The van der Waals surface area contributed by atoms with E-state index in [1.54, 1.807) is 0 Å². The fraction of sp³-hybridized carbons (Fsp3) is 0.300. The molecule has 2 amide bonds. The number of carbonyl (C=O) groups is 2. The van der Waals surface area contributed by atoms with Crippen molar-refractivity contribution in [3.8, 4) is 0 Å². The van der Waals surface area contributed by atoms with Gasteiger partial charge in [-0.3, -0.25) is 9.59 Å². The highest BCUT2D eigenvalue weighted by atomic mass is 19.4. The lowest BCUT2D eigenvalue weighted by atomic mass is 10.1. The molecule has 1 heterocycles. The Bertz CT molecular complexity index is 893. The van der Waals surface area contributed by atoms with Gasteiger partial charge in [-0.1, -0.05) is 24.3 Å². The van der Waals surface area contributed by atoms with Crippen LogP contribution in [0.15, 0.2) is 42.5 Å². The number of nitrogens with one attached hydrogen (secondary N) is 1. The number of amides is 2. The first-order valence-corrected chi connectivity index (χ1v) is 8.51. The molecule has 1 unspecified atom stereocenters. The molecule has 2 aromatic rings. The van der Waals surface area contributed by atoms with Crippen molar-refractivity contribution in [2.24, 2.45) is 5.92 Å². The van der Waals surface area contributed by atoms with Crippen LogP contribution in [0.2, 0.25) is 0 Å². The minimum absolute atomic E-state index is 0.0343. The van der Waals surface area contributed by atoms with Crippen LogP contribution in [0, 0.1) is 19.8 Å². The van der Waals surface area contributed by atoms with Gasteiger partial charge in [0, 0.05) is 18.7 Å². The number of anilines is 2. The maximum Gasteiger partial charge on any atom is 0.418 e. The summed E-state index contributed by atoms with van der Waals surface area (Å²) in [6.07, 6.45) is -4.60. The van der Waals surface area contributed by atoms with Crippen molar-refractivity contribution in [2.75, 3.05) is 16.8 Å². The standard InChI is InChI=1S/C20H19F3N2O2/c1-12-7-8-13(2)17(9-12)25-11-14(10-18(25)26)19(27)24-16-6-4-3-5-15(16)20(21,22)23/h3-9,14H,10-11H2,1-2H3,(H,24,27). The minimum Gasteiger partial charge on any atom is -0.325 e. The molecule has 0 spiro atoms. The molecule has 1 saturated heterocycles. The van der Waals surface area contributed by atoms with Crippen LogP contribution in [0.4, 0.5) is 24.5 Å². The average Bonchev–Trinajstić information content (AvgIpc) is 2.98. The Balaban J connectivity index is 1.78. The summed E-state index contributed by atoms with van der Waals surface area (Å²) in [5.41, 5.74) is 1.40. The molecule has 0 radical (unpaired) electrons. The van der Waals surface area contributed by atoms with Crippen LogP contribution in [-0.4, -0.2) is 18.4 Å². The molecule has 27 heavy (non-hydrogen) atoms. The summed E-state index contributed by atoms with van der Waals surface area (Å²) in [7, 11) is 0. The average molecular weight is 376 g/mol. The number of hydrogen-bond donors (Lipinski definition) is 1. The van der Waals surface area contributed by atoms with E-state index in [4.69, 9.17) is 0 Å². The van der Waals surface area contributed by atoms with Gasteiger partial charge in [0.05, 0.1) is 17.2 Å². The lowest BCUT2D eigenvalue weighted by Crippen LogP contribution is -2.29. The Morgan fingerprint density at radius 1 is 1.15 bits per heavy atom. The third-order valence-electron chi connectivity index (χ3n) is 4.64. The Morgan fingerprint density at radius 3 is 2.56 bits per heavy atom. The lowest BCUT2D eigenvalue weighted by molar-refractivity contribution is -0.137. The number of carbonyl (C=O) groups excluding carboxylic acids is 2. The van der Waals surface area contributed by atoms with Gasteiger partial charge in [-0.15, -0.1) is 0 Å². The molecular formula is C20H19F3N2O2. The van der Waals surface area contributed by atoms with Gasteiger partial charge in [0.25, 0.3) is 0 Å². The molecule has 1 aliphatic rings. The SMILES string of the molecule is Cc1ccc(C)c(N2CC(C(=O)Nc3ccccc3C(F)(F)F)CC2=O)c1. The van der Waals surface area contributed by atoms with Crippen LogP contribution < -0.4 is 10.2 Å². The summed E-state index contributed by atoms with van der Waals surface area (Å²) in [5, 5.41) is 2.34. The van der Waals surface area contributed by atoms with E-state index in [9.17, 15) is 22.8 Å². The molecule has 0 saturated carbocycles. The summed E-state index contributed by atoms with van der Waals surface area (Å²) in [6.45, 7) is 3.92. The van der Waals surface area contributed by atoms with Crippen molar-refractivity contribution in [1.82, 2.24) is 0 Å². The van der Waals surface area contributed by atoms with Crippen LogP contribution in [0.25, 0.3) is 0 Å². The second-order valence-electron chi connectivity index (χ2n) is 6.73. The van der Waals surface area contributed by atoms with E-state index in [1.165, 1.54) is 23.1 Å². The van der Waals surface area contributed by atoms with Crippen molar-refractivity contribution in [1.29, 1.82) is 0 Å². The van der Waals surface area contributed by atoms with Gasteiger partial charge in [-0.2, -0.15) is 13.2 Å². The molecule has 4 nitrogen and oxygen atoms in total. The monoisotopic (exact) mass is 376 g/mol. The van der Waals surface area contributed by atoms with E-state index in [-0.39, 0.29) is 24.6 Å². The number of nitrogens with zero attached hydrogens (tertiary/aromatic N) is 1. The number of hydrogen-bond acceptors (Lipinski definition) is 2. The first kappa shape index (κ1) is 18.9.